The fraction of sp³-hybridized carbons (Fsp3) is 0.692. The Morgan fingerprint density at radius 3 is 2.76 bits per heavy atom. The van der Waals surface area contributed by atoms with Crippen LogP contribution in [-0.4, -0.2) is 37.0 Å². The van der Waals surface area contributed by atoms with E-state index in [2.05, 4.69) is 6.92 Å². The molecule has 0 aromatic heterocycles. The number of amides is 1. The molecule has 4 nitrogen and oxygen atoms in total. The highest BCUT2D eigenvalue weighted by Gasteiger charge is 2.39. The SMILES string of the molecule is CC/C=C1/C(=O)N(CCCC)CC1C(=O)OC. The third-order valence-electron chi connectivity index (χ3n) is 3.00. The van der Waals surface area contributed by atoms with Crippen LogP contribution in [0.2, 0.25) is 0 Å². The Hall–Kier alpha value is -1.32. The number of methoxy groups -OCH3 is 1. The van der Waals surface area contributed by atoms with Crippen LogP contribution in [0.3, 0.4) is 0 Å². The van der Waals surface area contributed by atoms with Crippen LogP contribution >= 0.6 is 0 Å². The highest BCUT2D eigenvalue weighted by atomic mass is 16.5. The molecule has 4 heteroatoms. The van der Waals surface area contributed by atoms with Gasteiger partial charge in [0.25, 0.3) is 0 Å². The van der Waals surface area contributed by atoms with E-state index in [4.69, 9.17) is 4.74 Å². The number of rotatable bonds is 5. The van der Waals surface area contributed by atoms with Crippen LogP contribution in [0.4, 0.5) is 0 Å². The van der Waals surface area contributed by atoms with Gasteiger partial charge in [0, 0.05) is 18.7 Å². The molecular weight excluding hydrogens is 218 g/mol. The lowest BCUT2D eigenvalue weighted by atomic mass is 10.0. The molecule has 96 valence electrons. The lowest BCUT2D eigenvalue weighted by Crippen LogP contribution is -2.27. The van der Waals surface area contributed by atoms with Crippen LogP contribution in [-0.2, 0) is 14.3 Å². The Labute approximate surface area is 103 Å². The van der Waals surface area contributed by atoms with E-state index in [1.54, 1.807) is 4.90 Å². The van der Waals surface area contributed by atoms with E-state index in [9.17, 15) is 9.59 Å². The van der Waals surface area contributed by atoms with Crippen molar-refractivity contribution < 1.29 is 14.3 Å². The summed E-state index contributed by atoms with van der Waals surface area (Å²) in [5.41, 5.74) is 0.607. The first-order valence-electron chi connectivity index (χ1n) is 6.22. The molecule has 0 radical (unpaired) electrons. The fourth-order valence-electron chi connectivity index (χ4n) is 2.07. The summed E-state index contributed by atoms with van der Waals surface area (Å²) in [4.78, 5) is 25.5. The van der Waals surface area contributed by atoms with Gasteiger partial charge in [-0.15, -0.1) is 0 Å². The average Bonchev–Trinajstić information content (AvgIpc) is 2.64. The molecule has 0 saturated carbocycles. The Kier molecular flexibility index (Phi) is 5.19. The Morgan fingerprint density at radius 2 is 2.24 bits per heavy atom. The zero-order valence-electron chi connectivity index (χ0n) is 10.9. The Bertz CT molecular complexity index is 323. The van der Waals surface area contributed by atoms with Gasteiger partial charge in [0.05, 0.1) is 7.11 Å². The molecule has 1 unspecified atom stereocenters. The number of esters is 1. The van der Waals surface area contributed by atoms with Crippen molar-refractivity contribution in [3.63, 3.8) is 0 Å². The number of allylic oxidation sites excluding steroid dienone is 1. The molecule has 17 heavy (non-hydrogen) atoms. The molecule has 0 bridgehead atoms. The molecule has 1 heterocycles. The van der Waals surface area contributed by atoms with Gasteiger partial charge in [-0.25, -0.2) is 0 Å². The smallest absolute Gasteiger partial charge is 0.315 e. The summed E-state index contributed by atoms with van der Waals surface area (Å²) < 4.78 is 4.75. The molecule has 0 aromatic carbocycles. The minimum absolute atomic E-state index is 0.00398. The first kappa shape index (κ1) is 13.7. The molecule has 0 aromatic rings. The lowest BCUT2D eigenvalue weighted by Gasteiger charge is -2.14. The number of likely N-dealkylation sites (tertiary alicyclic amines) is 1. The maximum atomic E-state index is 12.1. The number of carbonyl (C=O) groups is 2. The van der Waals surface area contributed by atoms with E-state index in [-0.39, 0.29) is 11.9 Å². The summed E-state index contributed by atoms with van der Waals surface area (Å²) in [5.74, 6) is -0.711. The standard InChI is InChI=1S/C13H21NO3/c1-4-6-8-14-9-11(13(16)17-3)10(7-5-2)12(14)15/h7,11H,4-6,8-9H2,1-3H3/b10-7+. The van der Waals surface area contributed by atoms with Crippen LogP contribution in [0.25, 0.3) is 0 Å². The molecule has 0 aliphatic carbocycles. The Morgan fingerprint density at radius 1 is 1.53 bits per heavy atom. The molecule has 1 amide bonds. The normalized spacial score (nSPS) is 22.3. The second kappa shape index (κ2) is 6.42. The van der Waals surface area contributed by atoms with Gasteiger partial charge in [-0.3, -0.25) is 9.59 Å². The van der Waals surface area contributed by atoms with E-state index in [0.29, 0.717) is 12.1 Å². The third-order valence-corrected chi connectivity index (χ3v) is 3.00. The number of unbranched alkanes of at least 4 members (excludes halogenated alkanes) is 1. The quantitative estimate of drug-likeness (QED) is 0.542. The van der Waals surface area contributed by atoms with Crippen molar-refractivity contribution in [2.75, 3.05) is 20.2 Å². The number of ether oxygens (including phenoxy) is 1. The van der Waals surface area contributed by atoms with Crippen LogP contribution in [0.1, 0.15) is 33.1 Å². The second-order valence-corrected chi connectivity index (χ2v) is 4.25. The topological polar surface area (TPSA) is 46.6 Å². The molecule has 1 atom stereocenters. The lowest BCUT2D eigenvalue weighted by molar-refractivity contribution is -0.143. The highest BCUT2D eigenvalue weighted by Crippen LogP contribution is 2.26. The molecular formula is C13H21NO3. The average molecular weight is 239 g/mol. The number of hydrogen-bond acceptors (Lipinski definition) is 3. The molecule has 1 aliphatic heterocycles. The zero-order valence-corrected chi connectivity index (χ0v) is 10.9. The second-order valence-electron chi connectivity index (χ2n) is 4.25. The summed E-state index contributed by atoms with van der Waals surface area (Å²) in [7, 11) is 1.37. The monoisotopic (exact) mass is 239 g/mol. The molecule has 0 N–H and O–H groups in total. The minimum Gasteiger partial charge on any atom is -0.468 e. The van der Waals surface area contributed by atoms with Crippen LogP contribution < -0.4 is 0 Å². The highest BCUT2D eigenvalue weighted by molar-refractivity contribution is 6.02. The van der Waals surface area contributed by atoms with Gasteiger partial charge >= 0.3 is 5.97 Å². The van der Waals surface area contributed by atoms with E-state index in [1.165, 1.54) is 7.11 Å². The number of nitrogens with zero attached hydrogens (tertiary/aromatic N) is 1. The van der Waals surface area contributed by atoms with Gasteiger partial charge in [-0.2, -0.15) is 0 Å². The van der Waals surface area contributed by atoms with Gasteiger partial charge in [0.2, 0.25) is 5.91 Å². The van der Waals surface area contributed by atoms with Crippen LogP contribution in [0, 0.1) is 5.92 Å². The van der Waals surface area contributed by atoms with Gasteiger partial charge < -0.3 is 9.64 Å². The van der Waals surface area contributed by atoms with Crippen molar-refractivity contribution in [2.45, 2.75) is 33.1 Å². The third kappa shape index (κ3) is 3.08. The molecule has 0 spiro atoms. The van der Waals surface area contributed by atoms with Crippen molar-refractivity contribution in [2.24, 2.45) is 5.92 Å². The van der Waals surface area contributed by atoms with Crippen molar-refractivity contribution in [3.8, 4) is 0 Å². The van der Waals surface area contributed by atoms with E-state index in [0.717, 1.165) is 25.8 Å². The van der Waals surface area contributed by atoms with Gasteiger partial charge in [0.15, 0.2) is 0 Å². The van der Waals surface area contributed by atoms with Crippen molar-refractivity contribution in [1.29, 1.82) is 0 Å². The van der Waals surface area contributed by atoms with Gasteiger partial charge in [-0.1, -0.05) is 26.3 Å². The van der Waals surface area contributed by atoms with E-state index >= 15 is 0 Å². The number of hydrogen-bond donors (Lipinski definition) is 0. The van der Waals surface area contributed by atoms with Crippen molar-refractivity contribution in [3.05, 3.63) is 11.6 Å². The van der Waals surface area contributed by atoms with Gasteiger partial charge in [-0.05, 0) is 12.8 Å². The summed E-state index contributed by atoms with van der Waals surface area (Å²) >= 11 is 0. The molecule has 1 saturated heterocycles. The van der Waals surface area contributed by atoms with Crippen LogP contribution in [0.15, 0.2) is 11.6 Å². The summed E-state index contributed by atoms with van der Waals surface area (Å²) in [6, 6.07) is 0. The summed E-state index contributed by atoms with van der Waals surface area (Å²) in [6.07, 6.45) is 4.62. The molecule has 1 rings (SSSR count). The molecule has 1 fully saturated rings. The van der Waals surface area contributed by atoms with Gasteiger partial charge in [0.1, 0.15) is 5.92 Å². The molecule has 1 aliphatic rings. The van der Waals surface area contributed by atoms with Crippen LogP contribution in [0.5, 0.6) is 0 Å². The maximum absolute atomic E-state index is 12.1. The van der Waals surface area contributed by atoms with Crippen molar-refractivity contribution >= 4 is 11.9 Å². The maximum Gasteiger partial charge on any atom is 0.315 e. The largest absolute Gasteiger partial charge is 0.468 e. The Balaban J connectivity index is 2.81. The predicted octanol–water partition coefficient (Wildman–Crippen LogP) is 1.75. The summed E-state index contributed by atoms with van der Waals surface area (Å²) in [5, 5.41) is 0. The first-order chi connectivity index (χ1) is 8.15. The number of carbonyl (C=O) groups excluding carboxylic acids is 2. The van der Waals surface area contributed by atoms with E-state index < -0.39 is 5.92 Å². The summed E-state index contributed by atoms with van der Waals surface area (Å²) in [6.45, 7) is 5.24. The predicted molar refractivity (Wildman–Crippen MR) is 65.4 cm³/mol. The van der Waals surface area contributed by atoms with E-state index in [1.807, 2.05) is 13.0 Å². The zero-order chi connectivity index (χ0) is 12.8. The minimum atomic E-state index is -0.399. The fourth-order valence-corrected chi connectivity index (χ4v) is 2.07. The first-order valence-corrected chi connectivity index (χ1v) is 6.22. The van der Waals surface area contributed by atoms with Crippen molar-refractivity contribution in [1.82, 2.24) is 4.90 Å².